The molecule has 0 radical (unpaired) electrons. The van der Waals surface area contributed by atoms with Crippen LogP contribution >= 0.6 is 0 Å². The van der Waals surface area contributed by atoms with Crippen molar-refractivity contribution in [3.8, 4) is 0 Å². The number of ether oxygens (including phenoxy) is 2. The highest BCUT2D eigenvalue weighted by Gasteiger charge is 2.44. The van der Waals surface area contributed by atoms with Crippen LogP contribution in [-0.2, 0) is 14.3 Å². The predicted molar refractivity (Wildman–Crippen MR) is 143 cm³/mol. The minimum Gasteiger partial charge on any atom is -0.394 e. The number of allylic oxidation sites excluding steroid dienone is 1. The lowest BCUT2D eigenvalue weighted by molar-refractivity contribution is -0.302. The first-order chi connectivity index (χ1) is 17.7. The number of rotatable bonds is 20. The summed E-state index contributed by atoms with van der Waals surface area (Å²) in [7, 11) is 0. The fraction of sp³-hybridized carbons (Fsp3) is 0.893. The van der Waals surface area contributed by atoms with Crippen LogP contribution in [0.1, 0.15) is 97.8 Å². The van der Waals surface area contributed by atoms with Crippen molar-refractivity contribution in [1.82, 2.24) is 5.32 Å². The Morgan fingerprint density at radius 3 is 2.14 bits per heavy atom. The molecule has 0 aromatic rings. The molecule has 9 nitrogen and oxygen atoms in total. The molecular weight excluding hydrogens is 478 g/mol. The fourth-order valence-corrected chi connectivity index (χ4v) is 4.45. The number of aliphatic hydroxyl groups is 5. The second kappa shape index (κ2) is 19.9. The zero-order valence-corrected chi connectivity index (χ0v) is 23.1. The summed E-state index contributed by atoms with van der Waals surface area (Å²) in [5.41, 5.74) is 0. The third-order valence-electron chi connectivity index (χ3n) is 6.92. The van der Waals surface area contributed by atoms with Gasteiger partial charge in [0, 0.05) is 6.42 Å². The molecule has 37 heavy (non-hydrogen) atoms. The third-order valence-corrected chi connectivity index (χ3v) is 6.92. The van der Waals surface area contributed by atoms with Crippen molar-refractivity contribution in [2.75, 3.05) is 13.2 Å². The molecule has 8 atom stereocenters. The summed E-state index contributed by atoms with van der Waals surface area (Å²) in [6.07, 6.45) is 9.00. The summed E-state index contributed by atoms with van der Waals surface area (Å²) in [5, 5.41) is 53.0. The van der Waals surface area contributed by atoms with E-state index >= 15 is 0 Å². The molecule has 0 bridgehead atoms. The van der Waals surface area contributed by atoms with Crippen molar-refractivity contribution >= 4 is 5.91 Å². The number of hydrogen-bond acceptors (Lipinski definition) is 8. The van der Waals surface area contributed by atoms with Crippen LogP contribution in [0.3, 0.4) is 0 Å². The summed E-state index contributed by atoms with van der Waals surface area (Å²) in [4.78, 5) is 12.2. The first kappa shape index (κ1) is 34.0. The van der Waals surface area contributed by atoms with Gasteiger partial charge in [0.25, 0.3) is 0 Å². The van der Waals surface area contributed by atoms with Gasteiger partial charge < -0.3 is 40.3 Å². The zero-order chi connectivity index (χ0) is 27.6. The molecule has 1 fully saturated rings. The molecule has 0 spiro atoms. The lowest BCUT2D eigenvalue weighted by Gasteiger charge is -2.40. The van der Waals surface area contributed by atoms with Crippen molar-refractivity contribution < 1.29 is 39.8 Å². The molecule has 1 aliphatic heterocycles. The second-order valence-electron chi connectivity index (χ2n) is 10.4. The zero-order valence-electron chi connectivity index (χ0n) is 23.1. The summed E-state index contributed by atoms with van der Waals surface area (Å²) in [6, 6.07) is -0.803. The summed E-state index contributed by atoms with van der Waals surface area (Å²) in [5.74, 6) is 0.0395. The van der Waals surface area contributed by atoms with Crippen LogP contribution in [-0.4, -0.2) is 87.5 Å². The van der Waals surface area contributed by atoms with Crippen molar-refractivity contribution in [1.29, 1.82) is 0 Å². The number of carbonyl (C=O) groups excluding carboxylic acids is 1. The third kappa shape index (κ3) is 13.5. The van der Waals surface area contributed by atoms with E-state index < -0.39 is 49.5 Å². The van der Waals surface area contributed by atoms with Crippen molar-refractivity contribution in [2.24, 2.45) is 5.92 Å². The Hall–Kier alpha value is -1.07. The Morgan fingerprint density at radius 1 is 0.919 bits per heavy atom. The first-order valence-electron chi connectivity index (χ1n) is 14.3. The molecular formula is C28H53NO8. The Labute approximate surface area is 223 Å². The minimum absolute atomic E-state index is 0.198. The van der Waals surface area contributed by atoms with E-state index in [0.717, 1.165) is 12.8 Å². The average Bonchev–Trinajstić information content (AvgIpc) is 2.88. The fourth-order valence-electron chi connectivity index (χ4n) is 4.45. The van der Waals surface area contributed by atoms with Crippen LogP contribution in [0.5, 0.6) is 0 Å². The van der Waals surface area contributed by atoms with Gasteiger partial charge >= 0.3 is 0 Å². The monoisotopic (exact) mass is 531 g/mol. The van der Waals surface area contributed by atoms with E-state index in [1.807, 2.05) is 13.0 Å². The molecule has 1 rings (SSSR count). The van der Waals surface area contributed by atoms with Crippen LogP contribution < -0.4 is 5.32 Å². The quantitative estimate of drug-likeness (QED) is 0.104. The average molecular weight is 532 g/mol. The normalized spacial score (nSPS) is 26.8. The molecule has 9 heteroatoms. The largest absolute Gasteiger partial charge is 0.394 e. The lowest BCUT2D eigenvalue weighted by Crippen LogP contribution is -2.60. The van der Waals surface area contributed by atoms with E-state index in [4.69, 9.17) is 9.47 Å². The van der Waals surface area contributed by atoms with Gasteiger partial charge in [-0.2, -0.15) is 0 Å². The minimum atomic E-state index is -1.56. The predicted octanol–water partition coefficient (Wildman–Crippen LogP) is 2.56. The van der Waals surface area contributed by atoms with Gasteiger partial charge in [0.2, 0.25) is 5.91 Å². The molecule has 1 aliphatic rings. The van der Waals surface area contributed by atoms with Crippen LogP contribution in [0.4, 0.5) is 0 Å². The van der Waals surface area contributed by atoms with Gasteiger partial charge in [-0.25, -0.2) is 0 Å². The maximum atomic E-state index is 12.2. The lowest BCUT2D eigenvalue weighted by atomic mass is 9.99. The molecule has 0 saturated carbocycles. The molecule has 1 saturated heterocycles. The van der Waals surface area contributed by atoms with Crippen molar-refractivity contribution in [3.63, 3.8) is 0 Å². The van der Waals surface area contributed by atoms with Crippen LogP contribution in [0.25, 0.3) is 0 Å². The molecule has 218 valence electrons. The molecule has 1 heterocycles. The SMILES string of the molecule is CCCCCCCCCCCC(C)/C=C/[C@@H](O)[C@@H](COC1OC(CO)C(O)C(O)C1O)NC(=O)CCC. The summed E-state index contributed by atoms with van der Waals surface area (Å²) in [6.45, 7) is 5.45. The number of hydrogen-bond donors (Lipinski definition) is 6. The Morgan fingerprint density at radius 2 is 1.54 bits per heavy atom. The number of amides is 1. The van der Waals surface area contributed by atoms with Crippen molar-refractivity contribution in [3.05, 3.63) is 12.2 Å². The number of nitrogens with one attached hydrogen (secondary N) is 1. The molecule has 6 unspecified atom stereocenters. The van der Waals surface area contributed by atoms with Crippen LogP contribution in [0.2, 0.25) is 0 Å². The molecule has 0 aromatic heterocycles. The van der Waals surface area contributed by atoms with Gasteiger partial charge in [-0.15, -0.1) is 0 Å². The Kier molecular flexibility index (Phi) is 18.3. The number of aliphatic hydroxyl groups excluding tert-OH is 5. The Balaban J connectivity index is 2.54. The standard InChI is InChI=1S/C28H53NO8/c1-4-6-7-8-9-10-11-12-13-15-20(3)16-17-22(31)21(29-24(32)14-5-2)19-36-28-27(35)26(34)25(33)23(18-30)37-28/h16-17,20-23,25-28,30-31,33-35H,4-15,18-19H2,1-3H3,(H,29,32)/b17-16+/t20?,21-,22-,23?,25?,26?,27?,28?/m1/s1. The van der Waals surface area contributed by atoms with Crippen molar-refractivity contribution in [2.45, 2.75) is 141 Å². The van der Waals surface area contributed by atoms with Gasteiger partial charge in [-0.1, -0.05) is 90.7 Å². The summed E-state index contributed by atoms with van der Waals surface area (Å²) < 4.78 is 10.9. The van der Waals surface area contributed by atoms with E-state index in [-0.39, 0.29) is 18.4 Å². The van der Waals surface area contributed by atoms with Gasteiger partial charge in [-0.3, -0.25) is 4.79 Å². The molecule has 0 aromatic carbocycles. The van der Waals surface area contributed by atoms with E-state index in [2.05, 4.69) is 19.2 Å². The number of carbonyl (C=O) groups is 1. The molecule has 6 N–H and O–H groups in total. The van der Waals surface area contributed by atoms with Gasteiger partial charge in [0.05, 0.1) is 25.4 Å². The molecule has 0 aliphatic carbocycles. The van der Waals surface area contributed by atoms with E-state index in [0.29, 0.717) is 12.8 Å². The summed E-state index contributed by atoms with van der Waals surface area (Å²) >= 11 is 0. The highest BCUT2D eigenvalue weighted by Crippen LogP contribution is 2.22. The smallest absolute Gasteiger partial charge is 0.220 e. The highest BCUT2D eigenvalue weighted by molar-refractivity contribution is 5.76. The van der Waals surface area contributed by atoms with E-state index in [1.165, 1.54) is 51.4 Å². The topological polar surface area (TPSA) is 149 Å². The molecule has 1 amide bonds. The van der Waals surface area contributed by atoms with Crippen LogP contribution in [0, 0.1) is 5.92 Å². The van der Waals surface area contributed by atoms with E-state index in [9.17, 15) is 30.3 Å². The number of unbranched alkanes of at least 4 members (excludes halogenated alkanes) is 8. The maximum Gasteiger partial charge on any atom is 0.220 e. The van der Waals surface area contributed by atoms with Crippen LogP contribution in [0.15, 0.2) is 12.2 Å². The van der Waals surface area contributed by atoms with E-state index in [1.54, 1.807) is 6.08 Å². The van der Waals surface area contributed by atoms with Gasteiger partial charge in [-0.05, 0) is 18.8 Å². The highest BCUT2D eigenvalue weighted by atomic mass is 16.7. The first-order valence-corrected chi connectivity index (χ1v) is 14.3. The van der Waals surface area contributed by atoms with Gasteiger partial charge in [0.1, 0.15) is 24.4 Å². The Bertz CT molecular complexity index is 617. The maximum absolute atomic E-state index is 12.2. The van der Waals surface area contributed by atoms with Gasteiger partial charge in [0.15, 0.2) is 6.29 Å². The second-order valence-corrected chi connectivity index (χ2v) is 10.4.